The van der Waals surface area contributed by atoms with Crippen molar-refractivity contribution in [1.82, 2.24) is 5.32 Å². The van der Waals surface area contributed by atoms with E-state index in [4.69, 9.17) is 4.74 Å². The number of benzene rings is 2. The van der Waals surface area contributed by atoms with Gasteiger partial charge in [0, 0.05) is 20.2 Å². The molecule has 0 aromatic heterocycles. The van der Waals surface area contributed by atoms with Crippen LogP contribution in [0.15, 0.2) is 59.5 Å². The highest BCUT2D eigenvalue weighted by molar-refractivity contribution is 7.92. The maximum atomic E-state index is 12.7. The fourth-order valence-electron chi connectivity index (χ4n) is 2.99. The molecule has 1 saturated heterocycles. The van der Waals surface area contributed by atoms with Gasteiger partial charge in [-0.15, -0.1) is 0 Å². The van der Waals surface area contributed by atoms with Crippen molar-refractivity contribution < 1.29 is 17.9 Å². The van der Waals surface area contributed by atoms with E-state index in [1.807, 2.05) is 0 Å². The second kappa shape index (κ2) is 8.54. The minimum Gasteiger partial charge on any atom is -0.376 e. The Labute approximate surface area is 160 Å². The molecule has 2 aromatic rings. The van der Waals surface area contributed by atoms with E-state index in [1.54, 1.807) is 54.6 Å². The molecule has 3 rings (SSSR count). The molecule has 1 amide bonds. The molecule has 1 N–H and O–H groups in total. The van der Waals surface area contributed by atoms with Gasteiger partial charge >= 0.3 is 0 Å². The lowest BCUT2D eigenvalue weighted by atomic mass is 10.1. The Balaban J connectivity index is 1.60. The Kier molecular flexibility index (Phi) is 6.13. The molecule has 1 heterocycles. The summed E-state index contributed by atoms with van der Waals surface area (Å²) < 4.78 is 32.0. The lowest BCUT2D eigenvalue weighted by Gasteiger charge is -2.19. The number of hydrogen-bond donors (Lipinski definition) is 1. The summed E-state index contributed by atoms with van der Waals surface area (Å²) in [4.78, 5) is 12.3. The van der Waals surface area contributed by atoms with E-state index in [1.165, 1.54) is 11.4 Å². The van der Waals surface area contributed by atoms with Crippen molar-refractivity contribution in [2.75, 3.05) is 24.5 Å². The first-order valence-corrected chi connectivity index (χ1v) is 10.4. The molecular formula is C20H24N2O4S. The highest BCUT2D eigenvalue weighted by Gasteiger charge is 2.21. The number of ether oxygens (including phenoxy) is 1. The highest BCUT2D eigenvalue weighted by atomic mass is 32.2. The molecule has 7 heteroatoms. The summed E-state index contributed by atoms with van der Waals surface area (Å²) in [5, 5.41) is 2.89. The van der Waals surface area contributed by atoms with Crippen molar-refractivity contribution in [3.63, 3.8) is 0 Å². The zero-order valence-electron chi connectivity index (χ0n) is 15.3. The first-order valence-electron chi connectivity index (χ1n) is 8.98. The fourth-order valence-corrected chi connectivity index (χ4v) is 4.21. The maximum absolute atomic E-state index is 12.7. The molecule has 2 aromatic carbocycles. The second-order valence-corrected chi connectivity index (χ2v) is 8.54. The Morgan fingerprint density at radius 3 is 2.48 bits per heavy atom. The fraction of sp³-hybridized carbons (Fsp3) is 0.350. The summed E-state index contributed by atoms with van der Waals surface area (Å²) in [6, 6.07) is 15.3. The number of carbonyl (C=O) groups excluding carboxylic acids is 1. The van der Waals surface area contributed by atoms with Gasteiger partial charge in [0.25, 0.3) is 10.0 Å². The van der Waals surface area contributed by atoms with Gasteiger partial charge in [-0.05, 0) is 42.7 Å². The van der Waals surface area contributed by atoms with E-state index < -0.39 is 10.0 Å². The smallest absolute Gasteiger partial charge is 0.264 e. The molecule has 0 unspecified atom stereocenters. The van der Waals surface area contributed by atoms with Crippen LogP contribution >= 0.6 is 0 Å². The molecule has 27 heavy (non-hydrogen) atoms. The van der Waals surface area contributed by atoms with Gasteiger partial charge in [-0.25, -0.2) is 8.42 Å². The van der Waals surface area contributed by atoms with Crippen LogP contribution in [0.3, 0.4) is 0 Å². The number of nitrogens with one attached hydrogen (secondary N) is 1. The van der Waals surface area contributed by atoms with Crippen LogP contribution in [-0.2, 0) is 26.0 Å². The molecule has 0 radical (unpaired) electrons. The van der Waals surface area contributed by atoms with Gasteiger partial charge in [0.2, 0.25) is 5.91 Å². The van der Waals surface area contributed by atoms with Gasteiger partial charge in [-0.3, -0.25) is 9.10 Å². The molecule has 1 atom stereocenters. The Hall–Kier alpha value is -2.38. The lowest BCUT2D eigenvalue weighted by molar-refractivity contribution is -0.120. The first-order chi connectivity index (χ1) is 13.0. The standard InChI is InChI=1S/C20H24N2O4S/c1-22(27(24,25)19-7-3-2-4-8-19)17-11-9-16(10-12-17)14-20(23)21-15-18-6-5-13-26-18/h2-4,7-12,18H,5-6,13-15H2,1H3,(H,21,23)/t18-/m0/s1. The molecule has 0 aliphatic carbocycles. The molecule has 144 valence electrons. The third kappa shape index (κ3) is 4.87. The van der Waals surface area contributed by atoms with Gasteiger partial charge in [0.15, 0.2) is 0 Å². The third-order valence-corrected chi connectivity index (χ3v) is 6.42. The van der Waals surface area contributed by atoms with Crippen molar-refractivity contribution in [3.8, 4) is 0 Å². The van der Waals surface area contributed by atoms with Crippen LogP contribution in [0.25, 0.3) is 0 Å². The van der Waals surface area contributed by atoms with E-state index in [2.05, 4.69) is 5.32 Å². The second-order valence-electron chi connectivity index (χ2n) is 6.57. The van der Waals surface area contributed by atoms with Crippen LogP contribution in [0.2, 0.25) is 0 Å². The molecule has 1 aliphatic rings. The Bertz CT molecular complexity index is 861. The minimum absolute atomic E-state index is 0.0662. The van der Waals surface area contributed by atoms with E-state index in [0.717, 1.165) is 25.0 Å². The number of anilines is 1. The van der Waals surface area contributed by atoms with Gasteiger partial charge < -0.3 is 10.1 Å². The molecule has 1 fully saturated rings. The largest absolute Gasteiger partial charge is 0.376 e. The lowest BCUT2D eigenvalue weighted by Crippen LogP contribution is -2.32. The minimum atomic E-state index is -3.61. The number of nitrogens with zero attached hydrogens (tertiary/aromatic N) is 1. The van der Waals surface area contributed by atoms with Crippen LogP contribution in [0.1, 0.15) is 18.4 Å². The van der Waals surface area contributed by atoms with Crippen LogP contribution in [0.4, 0.5) is 5.69 Å². The summed E-state index contributed by atoms with van der Waals surface area (Å²) in [6.45, 7) is 1.30. The summed E-state index contributed by atoms with van der Waals surface area (Å²) in [6.07, 6.45) is 2.40. The quantitative estimate of drug-likeness (QED) is 0.790. The predicted octanol–water partition coefficient (Wildman–Crippen LogP) is 2.35. The van der Waals surface area contributed by atoms with E-state index in [9.17, 15) is 13.2 Å². The average molecular weight is 388 g/mol. The molecule has 6 nitrogen and oxygen atoms in total. The maximum Gasteiger partial charge on any atom is 0.264 e. The summed E-state index contributed by atoms with van der Waals surface area (Å²) in [7, 11) is -2.09. The van der Waals surface area contributed by atoms with Crippen LogP contribution in [0, 0.1) is 0 Å². The van der Waals surface area contributed by atoms with E-state index in [0.29, 0.717) is 12.2 Å². The zero-order chi connectivity index (χ0) is 19.3. The van der Waals surface area contributed by atoms with Gasteiger partial charge in [0.05, 0.1) is 23.1 Å². The van der Waals surface area contributed by atoms with Gasteiger partial charge in [-0.2, -0.15) is 0 Å². The molecular weight excluding hydrogens is 364 g/mol. The highest BCUT2D eigenvalue weighted by Crippen LogP contribution is 2.22. The number of rotatable bonds is 7. The van der Waals surface area contributed by atoms with Crippen molar-refractivity contribution in [2.45, 2.75) is 30.3 Å². The number of hydrogen-bond acceptors (Lipinski definition) is 4. The Morgan fingerprint density at radius 1 is 1.15 bits per heavy atom. The first kappa shape index (κ1) is 19.4. The zero-order valence-corrected chi connectivity index (χ0v) is 16.1. The molecule has 0 spiro atoms. The van der Waals surface area contributed by atoms with Crippen molar-refractivity contribution >= 4 is 21.6 Å². The van der Waals surface area contributed by atoms with Crippen LogP contribution in [0.5, 0.6) is 0 Å². The topological polar surface area (TPSA) is 75.7 Å². The Morgan fingerprint density at radius 2 is 1.85 bits per heavy atom. The molecule has 0 bridgehead atoms. The molecule has 0 saturated carbocycles. The van der Waals surface area contributed by atoms with E-state index in [-0.39, 0.29) is 23.3 Å². The third-order valence-electron chi connectivity index (χ3n) is 4.62. The number of sulfonamides is 1. The monoisotopic (exact) mass is 388 g/mol. The van der Waals surface area contributed by atoms with Crippen molar-refractivity contribution in [2.24, 2.45) is 0 Å². The SMILES string of the molecule is CN(c1ccc(CC(=O)NC[C@@H]2CCCO2)cc1)S(=O)(=O)c1ccccc1. The summed E-state index contributed by atoms with van der Waals surface area (Å²) in [5.41, 5.74) is 1.37. The van der Waals surface area contributed by atoms with Crippen molar-refractivity contribution in [3.05, 3.63) is 60.2 Å². The van der Waals surface area contributed by atoms with Crippen LogP contribution < -0.4 is 9.62 Å². The van der Waals surface area contributed by atoms with Gasteiger partial charge in [-0.1, -0.05) is 30.3 Å². The average Bonchev–Trinajstić information content (AvgIpc) is 3.21. The van der Waals surface area contributed by atoms with Crippen LogP contribution in [-0.4, -0.2) is 40.6 Å². The van der Waals surface area contributed by atoms with Gasteiger partial charge in [0.1, 0.15) is 0 Å². The number of amides is 1. The summed E-state index contributed by atoms with van der Waals surface area (Å²) >= 11 is 0. The normalized spacial score (nSPS) is 16.9. The summed E-state index contributed by atoms with van der Waals surface area (Å²) in [5.74, 6) is -0.0662. The predicted molar refractivity (Wildman–Crippen MR) is 104 cm³/mol. The van der Waals surface area contributed by atoms with E-state index >= 15 is 0 Å². The molecule has 1 aliphatic heterocycles. The number of carbonyl (C=O) groups is 1. The van der Waals surface area contributed by atoms with Crippen molar-refractivity contribution in [1.29, 1.82) is 0 Å².